The molecule has 20 heavy (non-hydrogen) atoms. The number of halogens is 1. The maximum Gasteiger partial charge on any atom is 0.167 e. The number of nitrogens with one attached hydrogen (secondary N) is 1. The maximum absolute atomic E-state index is 13.5. The zero-order chi connectivity index (χ0) is 14.5. The Kier molecular flexibility index (Phi) is 4.30. The van der Waals surface area contributed by atoms with Crippen molar-refractivity contribution in [2.24, 2.45) is 0 Å². The predicted molar refractivity (Wildman–Crippen MR) is 74.9 cm³/mol. The molecule has 0 fully saturated rings. The van der Waals surface area contributed by atoms with Gasteiger partial charge >= 0.3 is 0 Å². The van der Waals surface area contributed by atoms with E-state index in [1.807, 2.05) is 0 Å². The molecular weight excluding hydrogens is 261 g/mol. The highest BCUT2D eigenvalue weighted by molar-refractivity contribution is 5.49. The molecule has 4 nitrogen and oxygen atoms in total. The van der Waals surface area contributed by atoms with E-state index in [2.05, 4.69) is 5.32 Å². The van der Waals surface area contributed by atoms with Crippen LogP contribution in [0.1, 0.15) is 5.56 Å². The van der Waals surface area contributed by atoms with Crippen LogP contribution in [0.2, 0.25) is 0 Å². The minimum absolute atomic E-state index is 0.160. The minimum Gasteiger partial charge on any atom is -0.508 e. The SMILES string of the molecule is COc1ccc(O)c(CNc2ccc(OC)c(F)c2)c1. The van der Waals surface area contributed by atoms with Gasteiger partial charge in [0, 0.05) is 23.9 Å². The molecule has 0 aromatic heterocycles. The van der Waals surface area contributed by atoms with E-state index in [4.69, 9.17) is 9.47 Å². The van der Waals surface area contributed by atoms with E-state index >= 15 is 0 Å². The number of rotatable bonds is 5. The normalized spacial score (nSPS) is 10.2. The number of phenols is 1. The third-order valence-corrected chi connectivity index (χ3v) is 2.92. The molecule has 2 aromatic carbocycles. The number of ether oxygens (including phenoxy) is 2. The topological polar surface area (TPSA) is 50.7 Å². The van der Waals surface area contributed by atoms with Crippen LogP contribution in [0.25, 0.3) is 0 Å². The molecule has 0 atom stereocenters. The first-order chi connectivity index (χ1) is 9.63. The summed E-state index contributed by atoms with van der Waals surface area (Å²) < 4.78 is 23.5. The van der Waals surface area contributed by atoms with Crippen LogP contribution in [-0.2, 0) is 6.54 Å². The van der Waals surface area contributed by atoms with E-state index in [0.717, 1.165) is 0 Å². The summed E-state index contributed by atoms with van der Waals surface area (Å²) >= 11 is 0. The smallest absolute Gasteiger partial charge is 0.167 e. The predicted octanol–water partition coefficient (Wildman–Crippen LogP) is 3.16. The quantitative estimate of drug-likeness (QED) is 0.881. The van der Waals surface area contributed by atoms with Crippen molar-refractivity contribution in [1.82, 2.24) is 0 Å². The van der Waals surface area contributed by atoms with Crippen LogP contribution in [0, 0.1) is 5.82 Å². The van der Waals surface area contributed by atoms with E-state index in [1.165, 1.54) is 13.2 Å². The molecule has 0 spiro atoms. The Morgan fingerprint density at radius 1 is 1.10 bits per heavy atom. The van der Waals surface area contributed by atoms with Crippen molar-refractivity contribution in [3.05, 3.63) is 47.8 Å². The summed E-state index contributed by atoms with van der Waals surface area (Å²) in [7, 11) is 2.97. The first-order valence-electron chi connectivity index (χ1n) is 6.07. The second-order valence-electron chi connectivity index (χ2n) is 4.20. The lowest BCUT2D eigenvalue weighted by molar-refractivity contribution is 0.386. The number of hydrogen-bond acceptors (Lipinski definition) is 4. The first kappa shape index (κ1) is 14.0. The molecule has 0 heterocycles. The molecule has 2 rings (SSSR count). The number of phenolic OH excluding ortho intramolecular Hbond substituents is 1. The van der Waals surface area contributed by atoms with Crippen LogP contribution >= 0.6 is 0 Å². The molecule has 0 aliphatic rings. The summed E-state index contributed by atoms with van der Waals surface area (Å²) in [5.41, 5.74) is 1.27. The van der Waals surface area contributed by atoms with Crippen LogP contribution in [0.15, 0.2) is 36.4 Å². The summed E-state index contributed by atoms with van der Waals surface area (Å²) in [6, 6.07) is 9.55. The lowest BCUT2D eigenvalue weighted by Crippen LogP contribution is -2.01. The molecule has 2 aromatic rings. The van der Waals surface area contributed by atoms with Gasteiger partial charge in [-0.05, 0) is 30.3 Å². The Hall–Kier alpha value is -2.43. The molecular formula is C15H16FNO3. The van der Waals surface area contributed by atoms with Crippen LogP contribution in [0.5, 0.6) is 17.2 Å². The van der Waals surface area contributed by atoms with E-state index in [9.17, 15) is 9.50 Å². The van der Waals surface area contributed by atoms with E-state index < -0.39 is 5.82 Å². The van der Waals surface area contributed by atoms with Gasteiger partial charge in [0.05, 0.1) is 14.2 Å². The molecule has 0 radical (unpaired) electrons. The number of anilines is 1. The molecule has 5 heteroatoms. The van der Waals surface area contributed by atoms with Gasteiger partial charge in [0.2, 0.25) is 0 Å². The summed E-state index contributed by atoms with van der Waals surface area (Å²) in [6.07, 6.45) is 0. The first-order valence-corrected chi connectivity index (χ1v) is 6.07. The van der Waals surface area contributed by atoms with Gasteiger partial charge in [-0.15, -0.1) is 0 Å². The van der Waals surface area contributed by atoms with Gasteiger partial charge in [-0.3, -0.25) is 0 Å². The Balaban J connectivity index is 2.10. The van der Waals surface area contributed by atoms with Crippen molar-refractivity contribution in [2.45, 2.75) is 6.54 Å². The molecule has 106 valence electrons. The Morgan fingerprint density at radius 2 is 1.90 bits per heavy atom. The van der Waals surface area contributed by atoms with Crippen LogP contribution in [0.3, 0.4) is 0 Å². The third-order valence-electron chi connectivity index (χ3n) is 2.92. The Labute approximate surface area is 116 Å². The average Bonchev–Trinajstić information content (AvgIpc) is 2.46. The number of aromatic hydroxyl groups is 1. The highest BCUT2D eigenvalue weighted by Gasteiger charge is 2.06. The second-order valence-corrected chi connectivity index (χ2v) is 4.20. The summed E-state index contributed by atoms with van der Waals surface area (Å²) in [5, 5.41) is 12.8. The van der Waals surface area contributed by atoms with Crippen LogP contribution in [0.4, 0.5) is 10.1 Å². The molecule has 0 unspecified atom stereocenters. The lowest BCUT2D eigenvalue weighted by Gasteiger charge is -2.10. The standard InChI is InChI=1S/C15H16FNO3/c1-19-12-4-5-14(18)10(7-12)9-17-11-3-6-15(20-2)13(16)8-11/h3-8,17-18H,9H2,1-2H3. The lowest BCUT2D eigenvalue weighted by atomic mass is 10.2. The van der Waals surface area contributed by atoms with Crippen molar-refractivity contribution in [2.75, 3.05) is 19.5 Å². The van der Waals surface area contributed by atoms with Gasteiger partial charge in [-0.1, -0.05) is 0 Å². The van der Waals surface area contributed by atoms with Gasteiger partial charge in [0.1, 0.15) is 11.5 Å². The monoisotopic (exact) mass is 277 g/mol. The molecule has 0 aliphatic heterocycles. The third kappa shape index (κ3) is 3.12. The van der Waals surface area contributed by atoms with E-state index in [0.29, 0.717) is 23.5 Å². The van der Waals surface area contributed by atoms with Crippen molar-refractivity contribution < 1.29 is 19.0 Å². The van der Waals surface area contributed by atoms with Crippen molar-refractivity contribution in [1.29, 1.82) is 0 Å². The summed E-state index contributed by atoms with van der Waals surface area (Å²) in [5.74, 6) is 0.569. The zero-order valence-corrected chi connectivity index (χ0v) is 11.3. The van der Waals surface area contributed by atoms with E-state index in [-0.39, 0.29) is 11.5 Å². The molecule has 0 saturated heterocycles. The van der Waals surface area contributed by atoms with Gasteiger partial charge in [-0.2, -0.15) is 0 Å². The maximum atomic E-state index is 13.5. The molecule has 0 amide bonds. The number of methoxy groups -OCH3 is 2. The summed E-state index contributed by atoms with van der Waals surface area (Å²) in [4.78, 5) is 0. The fourth-order valence-electron chi connectivity index (χ4n) is 1.80. The minimum atomic E-state index is -0.438. The van der Waals surface area contributed by atoms with E-state index in [1.54, 1.807) is 37.4 Å². The van der Waals surface area contributed by atoms with Crippen molar-refractivity contribution in [3.63, 3.8) is 0 Å². The highest BCUT2D eigenvalue weighted by Crippen LogP contribution is 2.25. The fourth-order valence-corrected chi connectivity index (χ4v) is 1.80. The average molecular weight is 277 g/mol. The number of hydrogen-bond donors (Lipinski definition) is 2. The molecule has 0 bridgehead atoms. The molecule has 0 saturated carbocycles. The molecule has 0 aliphatic carbocycles. The largest absolute Gasteiger partial charge is 0.508 e. The van der Waals surface area contributed by atoms with Gasteiger partial charge in [0.25, 0.3) is 0 Å². The Bertz CT molecular complexity index is 602. The zero-order valence-electron chi connectivity index (χ0n) is 11.3. The van der Waals surface area contributed by atoms with Gasteiger partial charge in [-0.25, -0.2) is 4.39 Å². The molecule has 2 N–H and O–H groups in total. The van der Waals surface area contributed by atoms with Crippen molar-refractivity contribution >= 4 is 5.69 Å². The Morgan fingerprint density at radius 3 is 2.55 bits per heavy atom. The van der Waals surface area contributed by atoms with Gasteiger partial charge in [0.15, 0.2) is 11.6 Å². The van der Waals surface area contributed by atoms with Crippen LogP contribution < -0.4 is 14.8 Å². The van der Waals surface area contributed by atoms with Crippen LogP contribution in [-0.4, -0.2) is 19.3 Å². The van der Waals surface area contributed by atoms with Crippen molar-refractivity contribution in [3.8, 4) is 17.2 Å². The second kappa shape index (κ2) is 6.14. The highest BCUT2D eigenvalue weighted by atomic mass is 19.1. The fraction of sp³-hybridized carbons (Fsp3) is 0.200. The van der Waals surface area contributed by atoms with Gasteiger partial charge < -0.3 is 19.9 Å². The summed E-state index contributed by atoms with van der Waals surface area (Å²) in [6.45, 7) is 0.356. The number of benzene rings is 2.